The first-order valence-corrected chi connectivity index (χ1v) is 10.9. The zero-order valence-corrected chi connectivity index (χ0v) is 18.9. The summed E-state index contributed by atoms with van der Waals surface area (Å²) in [5.41, 5.74) is 1.86. The maximum absolute atomic E-state index is 12.3. The van der Waals surface area contributed by atoms with Gasteiger partial charge in [0, 0.05) is 12.3 Å². The molecule has 2 aromatic carbocycles. The third-order valence-corrected chi connectivity index (χ3v) is 6.06. The predicted octanol–water partition coefficient (Wildman–Crippen LogP) is 4.79. The van der Waals surface area contributed by atoms with Crippen molar-refractivity contribution in [3.8, 4) is 0 Å². The SMILES string of the molecule is CC(=O)N(c1ccc(Cl)c(Cl)c1)c1nc(COC(=O)Cn2c(=O)oc3ccccc32)cs1. The molecule has 0 saturated heterocycles. The van der Waals surface area contributed by atoms with Crippen LogP contribution in [0, 0.1) is 0 Å². The van der Waals surface area contributed by atoms with Crippen LogP contribution in [0.3, 0.4) is 0 Å². The number of amides is 1. The molecule has 8 nitrogen and oxygen atoms in total. The molecule has 1 amide bonds. The van der Waals surface area contributed by atoms with Gasteiger partial charge < -0.3 is 9.15 Å². The van der Waals surface area contributed by atoms with Gasteiger partial charge in [-0.1, -0.05) is 35.3 Å². The number of halogens is 2. The van der Waals surface area contributed by atoms with Gasteiger partial charge in [-0.3, -0.25) is 19.1 Å². The second kappa shape index (κ2) is 9.15. The number of carbonyl (C=O) groups is 2. The summed E-state index contributed by atoms with van der Waals surface area (Å²) in [4.78, 5) is 42.3. The maximum Gasteiger partial charge on any atom is 0.420 e. The first-order chi connectivity index (χ1) is 15.3. The Kier molecular flexibility index (Phi) is 6.31. The summed E-state index contributed by atoms with van der Waals surface area (Å²) in [6, 6.07) is 11.6. The molecule has 164 valence electrons. The number of aromatic nitrogens is 2. The Balaban J connectivity index is 1.46. The van der Waals surface area contributed by atoms with Gasteiger partial charge in [-0.25, -0.2) is 9.78 Å². The zero-order valence-electron chi connectivity index (χ0n) is 16.6. The maximum atomic E-state index is 12.3. The molecule has 0 saturated carbocycles. The highest BCUT2D eigenvalue weighted by atomic mass is 35.5. The summed E-state index contributed by atoms with van der Waals surface area (Å²) >= 11 is 13.2. The van der Waals surface area contributed by atoms with Crippen molar-refractivity contribution in [3.63, 3.8) is 0 Å². The molecule has 0 fully saturated rings. The number of rotatable bonds is 6. The van der Waals surface area contributed by atoms with Crippen molar-refractivity contribution in [1.29, 1.82) is 0 Å². The molecule has 4 aromatic rings. The number of carbonyl (C=O) groups excluding carboxylic acids is 2. The van der Waals surface area contributed by atoms with Crippen LogP contribution in [0.5, 0.6) is 0 Å². The highest BCUT2D eigenvalue weighted by molar-refractivity contribution is 7.14. The van der Waals surface area contributed by atoms with Crippen molar-refractivity contribution < 1.29 is 18.7 Å². The second-order valence-corrected chi connectivity index (χ2v) is 8.31. The molecule has 0 atom stereocenters. The Hall–Kier alpha value is -3.14. The van der Waals surface area contributed by atoms with E-state index in [2.05, 4.69) is 4.98 Å². The lowest BCUT2D eigenvalue weighted by molar-refractivity contribution is -0.145. The average Bonchev–Trinajstić information content (AvgIpc) is 3.33. The molecule has 0 radical (unpaired) electrons. The fourth-order valence-corrected chi connectivity index (χ4v) is 4.17. The molecule has 0 unspecified atom stereocenters. The van der Waals surface area contributed by atoms with Gasteiger partial charge in [0.15, 0.2) is 10.7 Å². The van der Waals surface area contributed by atoms with E-state index in [-0.39, 0.29) is 19.1 Å². The van der Waals surface area contributed by atoms with Crippen molar-refractivity contribution in [2.75, 3.05) is 4.90 Å². The van der Waals surface area contributed by atoms with Crippen molar-refractivity contribution >= 4 is 68.3 Å². The largest absolute Gasteiger partial charge is 0.458 e. The lowest BCUT2D eigenvalue weighted by Crippen LogP contribution is -2.23. The van der Waals surface area contributed by atoms with Crippen LogP contribution in [-0.2, 0) is 27.5 Å². The van der Waals surface area contributed by atoms with E-state index in [9.17, 15) is 14.4 Å². The van der Waals surface area contributed by atoms with E-state index >= 15 is 0 Å². The minimum Gasteiger partial charge on any atom is -0.458 e. The molecule has 0 aliphatic rings. The molecular formula is C21H15Cl2N3O5S. The van der Waals surface area contributed by atoms with Crippen molar-refractivity contribution in [2.45, 2.75) is 20.1 Å². The molecule has 0 bridgehead atoms. The minimum absolute atomic E-state index is 0.118. The van der Waals surface area contributed by atoms with Gasteiger partial charge in [0.05, 0.1) is 26.9 Å². The average molecular weight is 492 g/mol. The minimum atomic E-state index is -0.641. The fourth-order valence-electron chi connectivity index (χ4n) is 3.01. The molecule has 0 N–H and O–H groups in total. The van der Waals surface area contributed by atoms with E-state index in [0.29, 0.717) is 37.7 Å². The van der Waals surface area contributed by atoms with Crippen LogP contribution >= 0.6 is 34.5 Å². The number of hydrogen-bond acceptors (Lipinski definition) is 7. The molecule has 4 rings (SSSR count). The number of thiazole rings is 1. The van der Waals surface area contributed by atoms with Gasteiger partial charge in [-0.15, -0.1) is 11.3 Å². The third-order valence-electron chi connectivity index (χ3n) is 4.45. The molecule has 0 aliphatic heterocycles. The van der Waals surface area contributed by atoms with Crippen molar-refractivity contribution in [2.24, 2.45) is 0 Å². The number of oxazole rings is 1. The molecule has 0 aliphatic carbocycles. The van der Waals surface area contributed by atoms with Gasteiger partial charge in [-0.2, -0.15) is 0 Å². The van der Waals surface area contributed by atoms with E-state index < -0.39 is 11.7 Å². The van der Waals surface area contributed by atoms with E-state index in [0.717, 1.165) is 0 Å². The van der Waals surface area contributed by atoms with Crippen LogP contribution in [0.4, 0.5) is 10.8 Å². The van der Waals surface area contributed by atoms with Gasteiger partial charge >= 0.3 is 11.7 Å². The summed E-state index contributed by atoms with van der Waals surface area (Å²) in [5, 5.41) is 2.74. The Morgan fingerprint density at radius 2 is 1.97 bits per heavy atom. The van der Waals surface area contributed by atoms with Crippen LogP contribution < -0.4 is 10.7 Å². The van der Waals surface area contributed by atoms with Gasteiger partial charge in [0.25, 0.3) is 0 Å². The first-order valence-electron chi connectivity index (χ1n) is 9.27. The highest BCUT2D eigenvalue weighted by Gasteiger charge is 2.20. The Bertz CT molecular complexity index is 1380. The lowest BCUT2D eigenvalue weighted by atomic mass is 10.3. The zero-order chi connectivity index (χ0) is 22.8. The number of anilines is 2. The van der Waals surface area contributed by atoms with Crippen molar-refractivity contribution in [1.82, 2.24) is 9.55 Å². The number of para-hydroxylation sites is 2. The topological polar surface area (TPSA) is 94.6 Å². The summed E-state index contributed by atoms with van der Waals surface area (Å²) in [7, 11) is 0. The Morgan fingerprint density at radius 1 is 1.19 bits per heavy atom. The quantitative estimate of drug-likeness (QED) is 0.360. The van der Waals surface area contributed by atoms with E-state index in [1.807, 2.05) is 0 Å². The molecule has 11 heteroatoms. The summed E-state index contributed by atoms with van der Waals surface area (Å²) < 4.78 is 11.6. The van der Waals surface area contributed by atoms with Gasteiger partial charge in [0.2, 0.25) is 5.91 Å². The third kappa shape index (κ3) is 4.55. The summed E-state index contributed by atoms with van der Waals surface area (Å²) in [6.07, 6.45) is 0. The van der Waals surface area contributed by atoms with Crippen molar-refractivity contribution in [3.05, 3.63) is 74.1 Å². The van der Waals surface area contributed by atoms with E-state index in [1.165, 1.54) is 27.7 Å². The smallest absolute Gasteiger partial charge is 0.420 e. The first kappa shape index (κ1) is 22.1. The molecule has 0 spiro atoms. The number of hydrogen-bond donors (Lipinski definition) is 0. The molecular weight excluding hydrogens is 477 g/mol. The van der Waals surface area contributed by atoms with Crippen LogP contribution in [0.1, 0.15) is 12.6 Å². The summed E-state index contributed by atoms with van der Waals surface area (Å²) in [6.45, 7) is 0.985. The molecule has 2 heterocycles. The second-order valence-electron chi connectivity index (χ2n) is 6.66. The lowest BCUT2D eigenvalue weighted by Gasteiger charge is -2.18. The Labute approximate surface area is 195 Å². The van der Waals surface area contributed by atoms with E-state index in [4.69, 9.17) is 32.4 Å². The monoisotopic (exact) mass is 491 g/mol. The number of esters is 1. The normalized spacial score (nSPS) is 11.0. The van der Waals surface area contributed by atoms with E-state index in [1.54, 1.807) is 47.8 Å². The highest BCUT2D eigenvalue weighted by Crippen LogP contribution is 2.33. The van der Waals surface area contributed by atoms with Crippen LogP contribution in [0.15, 0.2) is 57.1 Å². The molecule has 32 heavy (non-hydrogen) atoms. The number of benzene rings is 2. The van der Waals surface area contributed by atoms with Crippen LogP contribution in [0.2, 0.25) is 10.0 Å². The number of fused-ring (bicyclic) bond motifs is 1. The molecule has 2 aromatic heterocycles. The van der Waals surface area contributed by atoms with Gasteiger partial charge in [0.1, 0.15) is 13.2 Å². The predicted molar refractivity (Wildman–Crippen MR) is 122 cm³/mol. The fraction of sp³-hybridized carbons (Fsp3) is 0.143. The van der Waals surface area contributed by atoms with Crippen LogP contribution in [0.25, 0.3) is 11.1 Å². The van der Waals surface area contributed by atoms with Gasteiger partial charge in [-0.05, 0) is 30.3 Å². The number of nitrogens with zero attached hydrogens (tertiary/aromatic N) is 3. The van der Waals surface area contributed by atoms with Crippen LogP contribution in [-0.4, -0.2) is 21.4 Å². The standard InChI is InChI=1S/C21H15Cl2N3O5S/c1-12(27)26(14-6-7-15(22)16(23)8-14)20-24-13(11-32-20)10-30-19(28)9-25-17-4-2-3-5-18(17)31-21(25)29/h2-8,11H,9-10H2,1H3. The summed E-state index contributed by atoms with van der Waals surface area (Å²) in [5.74, 6) is -1.54. The number of ether oxygens (including phenoxy) is 1. The Morgan fingerprint density at radius 3 is 2.72 bits per heavy atom.